The highest BCUT2D eigenvalue weighted by Crippen LogP contribution is 2.11. The van der Waals surface area contributed by atoms with E-state index < -0.39 is 0 Å². The van der Waals surface area contributed by atoms with Gasteiger partial charge in [0.1, 0.15) is 0 Å². The normalized spacial score (nSPS) is 15.0. The molecule has 0 aromatic rings. The highest BCUT2D eigenvalue weighted by molar-refractivity contribution is 7.84. The molecule has 0 spiro atoms. The number of aliphatic hydroxyl groups is 1. The van der Waals surface area contributed by atoms with Crippen LogP contribution in [-0.4, -0.2) is 5.11 Å². The Balaban J connectivity index is 4.27. The number of hydrogen-bond acceptors (Lipinski definition) is 2. The average molecular weight is 158 g/mol. The van der Waals surface area contributed by atoms with E-state index in [9.17, 15) is 0 Å². The van der Waals surface area contributed by atoms with Gasteiger partial charge in [0.25, 0.3) is 0 Å². The minimum Gasteiger partial charge on any atom is -0.512 e. The van der Waals surface area contributed by atoms with Crippen LogP contribution >= 0.6 is 12.6 Å². The van der Waals surface area contributed by atoms with E-state index in [1.165, 1.54) is 0 Å². The zero-order chi connectivity index (χ0) is 8.15. The molecule has 0 aliphatic carbocycles. The van der Waals surface area contributed by atoms with Crippen molar-refractivity contribution in [3.8, 4) is 0 Å². The maximum atomic E-state index is 8.97. The maximum absolute atomic E-state index is 8.97. The zero-order valence-electron chi connectivity index (χ0n) is 6.68. The number of rotatable bonds is 2. The Kier molecular flexibility index (Phi) is 4.28. The second kappa shape index (κ2) is 4.45. The van der Waals surface area contributed by atoms with Gasteiger partial charge < -0.3 is 5.11 Å². The summed E-state index contributed by atoms with van der Waals surface area (Å²) in [6.45, 7) is 5.56. The maximum Gasteiger partial charge on any atom is 0.0921 e. The molecular weight excluding hydrogens is 144 g/mol. The molecule has 0 radical (unpaired) electrons. The van der Waals surface area contributed by atoms with Gasteiger partial charge in [0.05, 0.1) is 5.76 Å². The van der Waals surface area contributed by atoms with Crippen molar-refractivity contribution in [2.24, 2.45) is 0 Å². The molecule has 0 saturated heterocycles. The van der Waals surface area contributed by atoms with Gasteiger partial charge in [-0.1, -0.05) is 6.92 Å². The van der Waals surface area contributed by atoms with Gasteiger partial charge in [-0.15, -0.1) is 12.6 Å². The minimum atomic E-state index is 0.361. The first-order valence-corrected chi connectivity index (χ1v) is 3.78. The lowest BCUT2D eigenvalue weighted by atomic mass is 10.2. The molecule has 0 rings (SSSR count). The zero-order valence-corrected chi connectivity index (χ0v) is 7.57. The second-order valence-electron chi connectivity index (χ2n) is 2.26. The quantitative estimate of drug-likeness (QED) is 0.359. The van der Waals surface area contributed by atoms with Crippen LogP contribution in [0.1, 0.15) is 27.2 Å². The predicted molar refractivity (Wildman–Crippen MR) is 48.4 cm³/mol. The van der Waals surface area contributed by atoms with Crippen LogP contribution in [0.2, 0.25) is 0 Å². The Hall–Kier alpha value is -0.370. The standard InChI is InChI=1S/C8H14OS/c1-4-8(10)5-6(2)7(3)9/h5,9-10H,4H2,1-3H3/b7-6+,8-5+. The molecule has 0 heterocycles. The monoisotopic (exact) mass is 158 g/mol. The van der Waals surface area contributed by atoms with Crippen LogP contribution in [0.15, 0.2) is 22.3 Å². The molecule has 0 atom stereocenters. The van der Waals surface area contributed by atoms with E-state index in [0.29, 0.717) is 5.76 Å². The molecule has 0 saturated carbocycles. The Labute approximate surface area is 67.9 Å². The van der Waals surface area contributed by atoms with E-state index in [4.69, 9.17) is 5.11 Å². The van der Waals surface area contributed by atoms with Crippen molar-refractivity contribution in [3.05, 3.63) is 22.3 Å². The third-order valence-corrected chi connectivity index (χ3v) is 1.76. The van der Waals surface area contributed by atoms with Crippen LogP contribution < -0.4 is 0 Å². The molecule has 1 nitrogen and oxygen atoms in total. The van der Waals surface area contributed by atoms with Crippen LogP contribution in [0.3, 0.4) is 0 Å². The lowest BCUT2D eigenvalue weighted by Crippen LogP contribution is -1.78. The molecule has 2 heteroatoms. The third-order valence-electron chi connectivity index (χ3n) is 1.32. The molecule has 0 unspecified atom stereocenters. The Morgan fingerprint density at radius 3 is 2.30 bits per heavy atom. The highest BCUT2D eigenvalue weighted by Gasteiger charge is 1.90. The van der Waals surface area contributed by atoms with Gasteiger partial charge in [-0.2, -0.15) is 0 Å². The molecule has 0 bridgehead atoms. The van der Waals surface area contributed by atoms with E-state index in [2.05, 4.69) is 12.6 Å². The molecule has 10 heavy (non-hydrogen) atoms. The second-order valence-corrected chi connectivity index (χ2v) is 2.83. The van der Waals surface area contributed by atoms with Crippen molar-refractivity contribution in [2.45, 2.75) is 27.2 Å². The summed E-state index contributed by atoms with van der Waals surface area (Å²) in [4.78, 5) is 0.992. The lowest BCUT2D eigenvalue weighted by molar-refractivity contribution is 0.409. The van der Waals surface area contributed by atoms with Crippen LogP contribution in [-0.2, 0) is 0 Å². The van der Waals surface area contributed by atoms with Gasteiger partial charge >= 0.3 is 0 Å². The van der Waals surface area contributed by atoms with Gasteiger partial charge in [0.15, 0.2) is 0 Å². The molecule has 0 aromatic heterocycles. The van der Waals surface area contributed by atoms with Crippen molar-refractivity contribution < 1.29 is 5.11 Å². The Morgan fingerprint density at radius 2 is 2.00 bits per heavy atom. The first-order valence-electron chi connectivity index (χ1n) is 3.34. The Bertz CT molecular complexity index is 164. The van der Waals surface area contributed by atoms with E-state index in [1.807, 2.05) is 19.9 Å². The fraction of sp³-hybridized carbons (Fsp3) is 0.500. The summed E-state index contributed by atoms with van der Waals surface area (Å²) in [5, 5.41) is 8.97. The predicted octanol–water partition coefficient (Wildman–Crippen LogP) is 3.06. The molecule has 0 aliphatic rings. The first-order chi connectivity index (χ1) is 4.57. The SMILES string of the molecule is CC/C(S)=C\C(C)=C(/C)O. The molecule has 0 aromatic carbocycles. The summed E-state index contributed by atoms with van der Waals surface area (Å²) in [6, 6.07) is 0. The van der Waals surface area contributed by atoms with Crippen LogP contribution in [0.5, 0.6) is 0 Å². The minimum absolute atomic E-state index is 0.361. The van der Waals surface area contributed by atoms with Crippen molar-refractivity contribution in [3.63, 3.8) is 0 Å². The smallest absolute Gasteiger partial charge is 0.0921 e. The summed E-state index contributed by atoms with van der Waals surface area (Å²) < 4.78 is 0. The average Bonchev–Trinajstić information content (AvgIpc) is 1.87. The van der Waals surface area contributed by atoms with Crippen LogP contribution in [0.25, 0.3) is 0 Å². The molecular formula is C8H14OS. The number of aliphatic hydroxyl groups excluding tert-OH is 1. The van der Waals surface area contributed by atoms with E-state index in [0.717, 1.165) is 16.9 Å². The van der Waals surface area contributed by atoms with Gasteiger partial charge in [-0.3, -0.25) is 0 Å². The molecule has 58 valence electrons. The molecule has 0 amide bonds. The number of hydrogen-bond donors (Lipinski definition) is 2. The Morgan fingerprint density at radius 1 is 1.50 bits per heavy atom. The van der Waals surface area contributed by atoms with Crippen molar-refractivity contribution in [2.75, 3.05) is 0 Å². The topological polar surface area (TPSA) is 20.2 Å². The molecule has 1 N–H and O–H groups in total. The largest absolute Gasteiger partial charge is 0.512 e. The summed E-state index contributed by atoms with van der Waals surface area (Å²) in [5.41, 5.74) is 0.881. The summed E-state index contributed by atoms with van der Waals surface area (Å²) in [6.07, 6.45) is 2.78. The van der Waals surface area contributed by atoms with Crippen molar-refractivity contribution >= 4 is 12.6 Å². The fourth-order valence-corrected chi connectivity index (χ4v) is 0.650. The van der Waals surface area contributed by atoms with E-state index in [1.54, 1.807) is 6.92 Å². The highest BCUT2D eigenvalue weighted by atomic mass is 32.1. The van der Waals surface area contributed by atoms with Crippen molar-refractivity contribution in [1.29, 1.82) is 0 Å². The van der Waals surface area contributed by atoms with Gasteiger partial charge in [0.2, 0.25) is 0 Å². The lowest BCUT2D eigenvalue weighted by Gasteiger charge is -1.96. The van der Waals surface area contributed by atoms with Crippen LogP contribution in [0, 0.1) is 0 Å². The summed E-state index contributed by atoms with van der Waals surface area (Å²) in [7, 11) is 0. The van der Waals surface area contributed by atoms with Gasteiger partial charge in [0, 0.05) is 0 Å². The van der Waals surface area contributed by atoms with E-state index in [-0.39, 0.29) is 0 Å². The third kappa shape index (κ3) is 3.62. The summed E-state index contributed by atoms with van der Waals surface area (Å²) >= 11 is 4.18. The van der Waals surface area contributed by atoms with Gasteiger partial charge in [-0.05, 0) is 36.8 Å². The summed E-state index contributed by atoms with van der Waals surface area (Å²) in [5.74, 6) is 0.361. The van der Waals surface area contributed by atoms with Gasteiger partial charge in [-0.25, -0.2) is 0 Å². The molecule has 0 aliphatic heterocycles. The fourth-order valence-electron chi connectivity index (χ4n) is 0.456. The number of thiol groups is 1. The van der Waals surface area contributed by atoms with Crippen LogP contribution in [0.4, 0.5) is 0 Å². The van der Waals surface area contributed by atoms with E-state index >= 15 is 0 Å². The molecule has 0 fully saturated rings. The first kappa shape index (κ1) is 9.63. The van der Waals surface area contributed by atoms with Crippen molar-refractivity contribution in [1.82, 2.24) is 0 Å². The number of allylic oxidation sites excluding steroid dienone is 4.